The van der Waals surface area contributed by atoms with Gasteiger partial charge in [-0.2, -0.15) is 0 Å². The lowest BCUT2D eigenvalue weighted by Crippen LogP contribution is -2.54. The summed E-state index contributed by atoms with van der Waals surface area (Å²) in [5.74, 6) is -0.186. The van der Waals surface area contributed by atoms with Gasteiger partial charge >= 0.3 is 0 Å². The van der Waals surface area contributed by atoms with Crippen LogP contribution in [0.5, 0.6) is 0 Å². The van der Waals surface area contributed by atoms with Crippen LogP contribution in [-0.4, -0.2) is 37.4 Å². The number of nitrogens with one attached hydrogen (secondary N) is 2. The molecule has 0 spiro atoms. The second-order valence-electron chi connectivity index (χ2n) is 6.89. The lowest BCUT2D eigenvalue weighted by Gasteiger charge is -2.40. The van der Waals surface area contributed by atoms with Crippen molar-refractivity contribution in [1.82, 2.24) is 10.2 Å². The summed E-state index contributed by atoms with van der Waals surface area (Å²) < 4.78 is 13.2. The molecule has 0 radical (unpaired) electrons. The predicted octanol–water partition coefficient (Wildman–Crippen LogP) is 3.23. The topological polar surface area (TPSA) is 30.5 Å². The van der Waals surface area contributed by atoms with Crippen molar-refractivity contribution in [3.63, 3.8) is 0 Å². The van der Waals surface area contributed by atoms with Gasteiger partial charge in [-0.1, -0.05) is 24.3 Å². The Kier molecular flexibility index (Phi) is 4.59. The van der Waals surface area contributed by atoms with Crippen molar-refractivity contribution in [2.75, 3.05) is 30.4 Å². The normalized spacial score (nSPS) is 21.2. The number of hydrogen-bond acceptors (Lipinski definition) is 4. The molecule has 4 rings (SSSR count). The summed E-state index contributed by atoms with van der Waals surface area (Å²) in [5.41, 5.74) is 3.51. The molecule has 2 heterocycles. The number of benzene rings is 2. The van der Waals surface area contributed by atoms with Crippen molar-refractivity contribution in [1.29, 1.82) is 0 Å². The van der Waals surface area contributed by atoms with E-state index in [1.54, 1.807) is 0 Å². The first-order valence-corrected chi connectivity index (χ1v) is 9.02. The number of fused-ring (bicyclic) bond motifs is 1. The Morgan fingerprint density at radius 2 is 1.80 bits per heavy atom. The molecule has 2 aromatic rings. The number of likely N-dealkylation sites (tertiary alicyclic amines) is 1. The molecule has 1 saturated heterocycles. The van der Waals surface area contributed by atoms with E-state index in [0.29, 0.717) is 6.04 Å². The van der Waals surface area contributed by atoms with Crippen LogP contribution in [0.15, 0.2) is 48.5 Å². The van der Waals surface area contributed by atoms with E-state index >= 15 is 0 Å². The number of piperidine rings is 1. The summed E-state index contributed by atoms with van der Waals surface area (Å²) in [4.78, 5) is 4.90. The molecule has 0 aromatic heterocycles. The Bertz CT molecular complexity index is 710. The fraction of sp³-hybridized carbons (Fsp3) is 0.400. The van der Waals surface area contributed by atoms with Crippen LogP contribution in [0.1, 0.15) is 18.4 Å². The fourth-order valence-electron chi connectivity index (χ4n) is 3.87. The summed E-state index contributed by atoms with van der Waals surface area (Å²) in [7, 11) is 2.05. The maximum Gasteiger partial charge on any atom is 0.158 e. The van der Waals surface area contributed by atoms with Gasteiger partial charge in [-0.05, 0) is 49.7 Å². The van der Waals surface area contributed by atoms with Crippen LogP contribution in [0.25, 0.3) is 0 Å². The Balaban J connectivity index is 1.56. The van der Waals surface area contributed by atoms with Crippen LogP contribution in [-0.2, 0) is 6.54 Å². The zero-order valence-electron chi connectivity index (χ0n) is 14.6. The monoisotopic (exact) mass is 340 g/mol. The van der Waals surface area contributed by atoms with Crippen LogP contribution in [0.3, 0.4) is 0 Å². The number of anilines is 2. The smallest absolute Gasteiger partial charge is 0.158 e. The molecule has 132 valence electrons. The highest BCUT2D eigenvalue weighted by Gasteiger charge is 2.34. The first-order chi connectivity index (χ1) is 12.2. The Hall–Kier alpha value is -2.11. The van der Waals surface area contributed by atoms with Crippen LogP contribution in [0.2, 0.25) is 0 Å². The van der Waals surface area contributed by atoms with Gasteiger partial charge in [0.25, 0.3) is 0 Å². The third-order valence-electron chi connectivity index (χ3n) is 5.34. The van der Waals surface area contributed by atoms with Crippen LogP contribution < -0.4 is 15.5 Å². The summed E-state index contributed by atoms with van der Waals surface area (Å²) in [6.07, 6.45) is 2.48. The average molecular weight is 340 g/mol. The van der Waals surface area contributed by atoms with Gasteiger partial charge in [-0.25, -0.2) is 4.39 Å². The standard InChI is InChI=1S/C20H25FN4/c1-22-17-10-12-24(13-11-17)20-23-18-4-2-3-5-19(18)25(20)14-15-6-8-16(21)9-7-15/h2-9,17,20,22-23H,10-14H2,1H3. The molecule has 0 bridgehead atoms. The van der Waals surface area contributed by atoms with E-state index < -0.39 is 0 Å². The second-order valence-corrected chi connectivity index (χ2v) is 6.89. The highest BCUT2D eigenvalue weighted by molar-refractivity contribution is 5.75. The number of nitrogens with zero attached hydrogens (tertiary/aromatic N) is 2. The lowest BCUT2D eigenvalue weighted by molar-refractivity contribution is 0.158. The summed E-state index contributed by atoms with van der Waals surface area (Å²) in [6.45, 7) is 2.90. The van der Waals surface area contributed by atoms with E-state index in [9.17, 15) is 4.39 Å². The summed E-state index contributed by atoms with van der Waals surface area (Å²) in [5, 5.41) is 7.07. The molecule has 25 heavy (non-hydrogen) atoms. The maximum absolute atomic E-state index is 13.2. The molecule has 4 nitrogen and oxygen atoms in total. The molecule has 2 aromatic carbocycles. The average Bonchev–Trinajstić information content (AvgIpc) is 3.02. The fourth-order valence-corrected chi connectivity index (χ4v) is 3.87. The highest BCUT2D eigenvalue weighted by Crippen LogP contribution is 2.37. The van der Waals surface area contributed by atoms with E-state index in [0.717, 1.165) is 38.0 Å². The molecule has 0 amide bonds. The van der Waals surface area contributed by atoms with Crippen LogP contribution in [0.4, 0.5) is 15.8 Å². The Morgan fingerprint density at radius 1 is 1.08 bits per heavy atom. The molecule has 2 aliphatic rings. The van der Waals surface area contributed by atoms with Crippen molar-refractivity contribution < 1.29 is 4.39 Å². The van der Waals surface area contributed by atoms with E-state index in [4.69, 9.17) is 0 Å². The van der Waals surface area contributed by atoms with Crippen molar-refractivity contribution >= 4 is 11.4 Å². The second kappa shape index (κ2) is 7.02. The third-order valence-corrected chi connectivity index (χ3v) is 5.34. The SMILES string of the molecule is CNC1CCN(C2Nc3ccccc3N2Cc2ccc(F)cc2)CC1. The lowest BCUT2D eigenvalue weighted by atomic mass is 10.1. The molecule has 1 atom stereocenters. The number of hydrogen-bond donors (Lipinski definition) is 2. The molecule has 2 N–H and O–H groups in total. The summed E-state index contributed by atoms with van der Waals surface area (Å²) >= 11 is 0. The van der Waals surface area contributed by atoms with Crippen molar-refractivity contribution in [2.45, 2.75) is 31.7 Å². The minimum absolute atomic E-state index is 0.153. The first-order valence-electron chi connectivity index (χ1n) is 9.02. The number of halogens is 1. The maximum atomic E-state index is 13.2. The van der Waals surface area contributed by atoms with Crippen LogP contribution >= 0.6 is 0 Å². The molecule has 0 saturated carbocycles. The minimum atomic E-state index is -0.186. The minimum Gasteiger partial charge on any atom is -0.351 e. The summed E-state index contributed by atoms with van der Waals surface area (Å²) in [6, 6.07) is 15.9. The van der Waals surface area contributed by atoms with Gasteiger partial charge in [0.1, 0.15) is 5.82 Å². The highest BCUT2D eigenvalue weighted by atomic mass is 19.1. The molecule has 1 unspecified atom stereocenters. The zero-order chi connectivity index (χ0) is 17.2. The van der Waals surface area contributed by atoms with Gasteiger partial charge < -0.3 is 15.5 Å². The van der Waals surface area contributed by atoms with Gasteiger partial charge in [-0.3, -0.25) is 4.90 Å². The third kappa shape index (κ3) is 3.34. The van der Waals surface area contributed by atoms with Crippen molar-refractivity contribution in [3.05, 3.63) is 59.9 Å². The molecule has 2 aliphatic heterocycles. The van der Waals surface area contributed by atoms with Gasteiger partial charge in [0.2, 0.25) is 0 Å². The van der Waals surface area contributed by atoms with E-state index in [-0.39, 0.29) is 12.1 Å². The molecule has 5 heteroatoms. The van der Waals surface area contributed by atoms with Crippen molar-refractivity contribution in [2.24, 2.45) is 0 Å². The van der Waals surface area contributed by atoms with E-state index in [1.165, 1.54) is 23.5 Å². The molecule has 1 fully saturated rings. The van der Waals surface area contributed by atoms with E-state index in [1.807, 2.05) is 19.2 Å². The molecular weight excluding hydrogens is 315 g/mol. The molecular formula is C20H25FN4. The van der Waals surface area contributed by atoms with Gasteiger partial charge in [-0.15, -0.1) is 0 Å². The van der Waals surface area contributed by atoms with Gasteiger partial charge in [0.15, 0.2) is 6.29 Å². The van der Waals surface area contributed by atoms with Crippen LogP contribution in [0, 0.1) is 5.82 Å². The van der Waals surface area contributed by atoms with Gasteiger partial charge in [0.05, 0.1) is 11.4 Å². The zero-order valence-corrected chi connectivity index (χ0v) is 14.6. The van der Waals surface area contributed by atoms with E-state index in [2.05, 4.69) is 44.7 Å². The Labute approximate surface area is 148 Å². The first kappa shape index (κ1) is 16.4. The largest absolute Gasteiger partial charge is 0.351 e. The number of para-hydroxylation sites is 2. The van der Waals surface area contributed by atoms with Crippen molar-refractivity contribution in [3.8, 4) is 0 Å². The Morgan fingerprint density at radius 3 is 2.52 bits per heavy atom. The molecule has 0 aliphatic carbocycles. The predicted molar refractivity (Wildman–Crippen MR) is 100 cm³/mol. The quantitative estimate of drug-likeness (QED) is 0.895. The van der Waals surface area contributed by atoms with Gasteiger partial charge in [0, 0.05) is 25.7 Å². The number of rotatable bonds is 4.